The predicted molar refractivity (Wildman–Crippen MR) is 112 cm³/mol. The highest BCUT2D eigenvalue weighted by Crippen LogP contribution is 2.43. The van der Waals surface area contributed by atoms with Crippen LogP contribution in [-0.4, -0.2) is 7.05 Å². The van der Waals surface area contributed by atoms with Crippen LogP contribution in [0.15, 0.2) is 42.5 Å². The maximum atomic E-state index is 3.51. The van der Waals surface area contributed by atoms with Crippen molar-refractivity contribution in [3.05, 3.63) is 64.7 Å². The molecule has 25 heavy (non-hydrogen) atoms. The molecule has 0 bridgehead atoms. The fraction of sp³-hybridized carbons (Fsp3) is 0.500. The number of rotatable bonds is 4. The summed E-state index contributed by atoms with van der Waals surface area (Å²) in [7, 11) is 2.06. The normalized spacial score (nSPS) is 13.6. The summed E-state index contributed by atoms with van der Waals surface area (Å²) in [4.78, 5) is 0. The van der Waals surface area contributed by atoms with Crippen LogP contribution in [0.3, 0.4) is 0 Å². The topological polar surface area (TPSA) is 12.0 Å². The van der Waals surface area contributed by atoms with Gasteiger partial charge in [0.1, 0.15) is 0 Å². The van der Waals surface area contributed by atoms with Crippen molar-refractivity contribution in [3.63, 3.8) is 0 Å². The molecule has 0 aliphatic heterocycles. The van der Waals surface area contributed by atoms with E-state index in [1.54, 1.807) is 0 Å². The van der Waals surface area contributed by atoms with Gasteiger partial charge in [0.15, 0.2) is 0 Å². The molecule has 2 rings (SSSR count). The molecule has 1 atom stereocenters. The molecule has 0 amide bonds. The van der Waals surface area contributed by atoms with E-state index in [9.17, 15) is 0 Å². The minimum absolute atomic E-state index is 0.109. The standard InChI is InChI=1S/C24H35N/c1-17(23(2,3)4)20-15-19(14-18-12-10-9-11-13-18)16-21(22(20)25-8)24(5,6)7/h9-13,15-17,25H,14H2,1-8H3. The SMILES string of the molecule is CNc1c(C(C)C(C)(C)C)cc(Cc2ccccc2)cc1C(C)(C)C. The fourth-order valence-electron chi connectivity index (χ4n) is 3.34. The molecule has 1 heteroatoms. The van der Waals surface area contributed by atoms with Crippen LogP contribution in [0.4, 0.5) is 5.69 Å². The molecule has 0 spiro atoms. The van der Waals surface area contributed by atoms with Gasteiger partial charge in [-0.15, -0.1) is 0 Å². The second-order valence-corrected chi connectivity index (χ2v) is 9.36. The molecule has 1 nitrogen and oxygen atoms in total. The molecule has 0 aliphatic carbocycles. The van der Waals surface area contributed by atoms with Crippen molar-refractivity contribution < 1.29 is 0 Å². The van der Waals surface area contributed by atoms with Crippen LogP contribution in [0.2, 0.25) is 0 Å². The first kappa shape index (κ1) is 19.6. The molecular weight excluding hydrogens is 302 g/mol. The Bertz CT molecular complexity index is 699. The summed E-state index contributed by atoms with van der Waals surface area (Å²) in [6.07, 6.45) is 0.984. The van der Waals surface area contributed by atoms with E-state index in [1.807, 2.05) is 0 Å². The highest BCUT2D eigenvalue weighted by molar-refractivity contribution is 5.63. The third kappa shape index (κ3) is 4.66. The molecule has 0 radical (unpaired) electrons. The van der Waals surface area contributed by atoms with Crippen LogP contribution in [0, 0.1) is 5.41 Å². The Morgan fingerprint density at radius 2 is 1.48 bits per heavy atom. The minimum Gasteiger partial charge on any atom is -0.388 e. The second-order valence-electron chi connectivity index (χ2n) is 9.36. The Morgan fingerprint density at radius 1 is 0.880 bits per heavy atom. The third-order valence-corrected chi connectivity index (χ3v) is 5.30. The Morgan fingerprint density at radius 3 is 1.96 bits per heavy atom. The molecule has 2 aromatic carbocycles. The summed E-state index contributed by atoms with van der Waals surface area (Å²) >= 11 is 0. The van der Waals surface area contributed by atoms with Gasteiger partial charge in [0.25, 0.3) is 0 Å². The van der Waals surface area contributed by atoms with Crippen LogP contribution in [0.25, 0.3) is 0 Å². The van der Waals surface area contributed by atoms with E-state index in [2.05, 4.69) is 103 Å². The van der Waals surface area contributed by atoms with Gasteiger partial charge in [-0.3, -0.25) is 0 Å². The first-order valence-corrected chi connectivity index (χ1v) is 9.43. The summed E-state index contributed by atoms with van der Waals surface area (Å²) in [5.74, 6) is 0.478. The van der Waals surface area contributed by atoms with Gasteiger partial charge in [0, 0.05) is 12.7 Å². The minimum atomic E-state index is 0.109. The summed E-state index contributed by atoms with van der Waals surface area (Å²) in [6.45, 7) is 16.3. The molecule has 136 valence electrons. The number of hydrogen-bond acceptors (Lipinski definition) is 1. The predicted octanol–water partition coefficient (Wildman–Crippen LogP) is 6.77. The highest BCUT2D eigenvalue weighted by atomic mass is 14.8. The second kappa shape index (κ2) is 7.23. The van der Waals surface area contributed by atoms with Crippen molar-refractivity contribution in [1.82, 2.24) is 0 Å². The van der Waals surface area contributed by atoms with E-state index >= 15 is 0 Å². The zero-order valence-electron chi connectivity index (χ0n) is 17.3. The molecule has 0 fully saturated rings. The van der Waals surface area contributed by atoms with Crippen molar-refractivity contribution >= 4 is 5.69 Å². The Labute approximate surface area is 154 Å². The molecule has 0 aromatic heterocycles. The summed E-state index contributed by atoms with van der Waals surface area (Å²) < 4.78 is 0. The van der Waals surface area contributed by atoms with Gasteiger partial charge in [-0.05, 0) is 45.4 Å². The number of hydrogen-bond donors (Lipinski definition) is 1. The molecule has 0 aliphatic rings. The lowest BCUT2D eigenvalue weighted by Gasteiger charge is -2.33. The quantitative estimate of drug-likeness (QED) is 0.649. The van der Waals surface area contributed by atoms with Crippen molar-refractivity contribution in [1.29, 1.82) is 0 Å². The van der Waals surface area contributed by atoms with E-state index in [4.69, 9.17) is 0 Å². The van der Waals surface area contributed by atoms with Gasteiger partial charge in [-0.1, -0.05) is 90.9 Å². The van der Waals surface area contributed by atoms with Crippen LogP contribution < -0.4 is 5.32 Å². The zero-order valence-corrected chi connectivity index (χ0v) is 17.3. The number of nitrogens with one attached hydrogen (secondary N) is 1. The average molecular weight is 338 g/mol. The van der Waals surface area contributed by atoms with E-state index in [1.165, 1.54) is 27.9 Å². The van der Waals surface area contributed by atoms with Gasteiger partial charge in [-0.25, -0.2) is 0 Å². The average Bonchev–Trinajstić information content (AvgIpc) is 2.52. The fourth-order valence-corrected chi connectivity index (χ4v) is 3.34. The summed E-state index contributed by atoms with van der Waals surface area (Å²) in [5.41, 5.74) is 7.27. The van der Waals surface area contributed by atoms with Gasteiger partial charge in [-0.2, -0.15) is 0 Å². The Hall–Kier alpha value is -1.76. The number of anilines is 1. The molecular formula is C24H35N. The van der Waals surface area contributed by atoms with Gasteiger partial charge in [0.05, 0.1) is 0 Å². The van der Waals surface area contributed by atoms with E-state index in [0.29, 0.717) is 5.92 Å². The lowest BCUT2D eigenvalue weighted by molar-refractivity contribution is 0.339. The van der Waals surface area contributed by atoms with E-state index in [0.717, 1.165) is 6.42 Å². The van der Waals surface area contributed by atoms with Crippen molar-refractivity contribution in [2.75, 3.05) is 12.4 Å². The number of benzene rings is 2. The Kier molecular flexibility index (Phi) is 5.66. The van der Waals surface area contributed by atoms with Gasteiger partial charge < -0.3 is 5.32 Å². The zero-order chi connectivity index (χ0) is 18.8. The van der Waals surface area contributed by atoms with Crippen LogP contribution in [0.5, 0.6) is 0 Å². The first-order valence-electron chi connectivity index (χ1n) is 9.43. The van der Waals surface area contributed by atoms with Gasteiger partial charge >= 0.3 is 0 Å². The molecule has 2 aromatic rings. The van der Waals surface area contributed by atoms with Crippen LogP contribution >= 0.6 is 0 Å². The van der Waals surface area contributed by atoms with Crippen molar-refractivity contribution in [2.24, 2.45) is 5.41 Å². The molecule has 1 N–H and O–H groups in total. The smallest absolute Gasteiger partial charge is 0.0411 e. The van der Waals surface area contributed by atoms with Crippen molar-refractivity contribution in [2.45, 2.75) is 66.2 Å². The maximum absolute atomic E-state index is 3.51. The maximum Gasteiger partial charge on any atom is 0.0411 e. The highest BCUT2D eigenvalue weighted by Gasteiger charge is 2.28. The monoisotopic (exact) mass is 337 g/mol. The lowest BCUT2D eigenvalue weighted by Crippen LogP contribution is -2.21. The summed E-state index contributed by atoms with van der Waals surface area (Å²) in [6, 6.07) is 15.6. The lowest BCUT2D eigenvalue weighted by atomic mass is 9.74. The van der Waals surface area contributed by atoms with E-state index < -0.39 is 0 Å². The van der Waals surface area contributed by atoms with Crippen LogP contribution in [-0.2, 0) is 11.8 Å². The summed E-state index contributed by atoms with van der Waals surface area (Å²) in [5, 5.41) is 3.51. The van der Waals surface area contributed by atoms with E-state index in [-0.39, 0.29) is 10.8 Å². The van der Waals surface area contributed by atoms with Crippen LogP contribution in [0.1, 0.15) is 76.6 Å². The van der Waals surface area contributed by atoms with Gasteiger partial charge in [0.2, 0.25) is 0 Å². The third-order valence-electron chi connectivity index (χ3n) is 5.30. The molecule has 0 heterocycles. The molecule has 0 saturated carbocycles. The first-order chi connectivity index (χ1) is 11.5. The van der Waals surface area contributed by atoms with Crippen molar-refractivity contribution in [3.8, 4) is 0 Å². The Balaban J connectivity index is 2.62. The largest absolute Gasteiger partial charge is 0.388 e. The molecule has 0 saturated heterocycles. The molecule has 1 unspecified atom stereocenters.